The number of aliphatic imine (C=N–C) groups is 1. The number of benzene rings is 1. The Morgan fingerprint density at radius 1 is 1.40 bits per heavy atom. The Hall–Kier alpha value is -0.750. The smallest absolute Gasteiger partial charge is 0.164 e. The molecule has 20 heavy (non-hydrogen) atoms. The van der Waals surface area contributed by atoms with Gasteiger partial charge >= 0.3 is 0 Å². The van der Waals surface area contributed by atoms with Gasteiger partial charge in [-0.2, -0.15) is 0 Å². The molecular formula is C14H15BrFNO2S. The summed E-state index contributed by atoms with van der Waals surface area (Å²) in [5, 5.41) is -1.11. The summed E-state index contributed by atoms with van der Waals surface area (Å²) in [6.45, 7) is 3.46. The monoisotopic (exact) mass is 359 g/mol. The second-order valence-corrected chi connectivity index (χ2v) is 8.90. The number of halogens is 2. The molecular weight excluding hydrogens is 345 g/mol. The summed E-state index contributed by atoms with van der Waals surface area (Å²) in [6, 6.07) is 4.59. The van der Waals surface area contributed by atoms with Crippen molar-refractivity contribution in [2.45, 2.75) is 42.7 Å². The van der Waals surface area contributed by atoms with Gasteiger partial charge in [0.05, 0.1) is 10.5 Å². The summed E-state index contributed by atoms with van der Waals surface area (Å²) in [4.78, 5) is 4.58. The minimum atomic E-state index is -3.28. The van der Waals surface area contributed by atoms with Gasteiger partial charge in [0.25, 0.3) is 0 Å². The maximum absolute atomic E-state index is 14.2. The molecule has 108 valence electrons. The molecule has 1 aromatic rings. The van der Waals surface area contributed by atoms with E-state index in [1.807, 2.05) is 0 Å². The first-order chi connectivity index (χ1) is 9.26. The van der Waals surface area contributed by atoms with Gasteiger partial charge in [0.2, 0.25) is 0 Å². The fraction of sp³-hybridized carbons (Fsp3) is 0.500. The SMILES string of the molecule is CC1=N[C@](C)(c2cc(Br)ccc2F)C2CCC1S2(=O)=O. The molecule has 0 saturated carbocycles. The van der Waals surface area contributed by atoms with E-state index in [2.05, 4.69) is 20.9 Å². The molecule has 2 aliphatic heterocycles. The number of nitrogens with zero attached hydrogens (tertiary/aromatic N) is 1. The Morgan fingerprint density at radius 2 is 2.10 bits per heavy atom. The van der Waals surface area contributed by atoms with Crippen molar-refractivity contribution in [1.82, 2.24) is 0 Å². The third-order valence-electron chi connectivity index (χ3n) is 4.46. The maximum Gasteiger partial charge on any atom is 0.164 e. The minimum absolute atomic E-state index is 0.347. The Balaban J connectivity index is 2.26. The Kier molecular flexibility index (Phi) is 3.10. The number of rotatable bonds is 1. The third-order valence-corrected chi connectivity index (χ3v) is 7.81. The van der Waals surface area contributed by atoms with Gasteiger partial charge in [0, 0.05) is 15.7 Å². The van der Waals surface area contributed by atoms with Crippen LogP contribution in [0.1, 0.15) is 32.3 Å². The molecule has 3 nitrogen and oxygen atoms in total. The van der Waals surface area contributed by atoms with Crippen molar-refractivity contribution in [3.8, 4) is 0 Å². The molecule has 2 unspecified atom stereocenters. The molecule has 2 heterocycles. The van der Waals surface area contributed by atoms with Crippen LogP contribution in [0.15, 0.2) is 27.7 Å². The predicted molar refractivity (Wildman–Crippen MR) is 80.3 cm³/mol. The van der Waals surface area contributed by atoms with Gasteiger partial charge in [0.15, 0.2) is 9.84 Å². The Bertz CT molecular complexity index is 716. The summed E-state index contributed by atoms with van der Waals surface area (Å²) >= 11 is 3.32. The highest BCUT2D eigenvalue weighted by atomic mass is 79.9. The van der Waals surface area contributed by atoms with Gasteiger partial charge in [-0.05, 0) is 44.9 Å². The number of fused-ring (bicyclic) bond motifs is 2. The van der Waals surface area contributed by atoms with Crippen molar-refractivity contribution in [3.63, 3.8) is 0 Å². The quantitative estimate of drug-likeness (QED) is 0.772. The first-order valence-corrected chi connectivity index (χ1v) is 8.91. The van der Waals surface area contributed by atoms with Crippen LogP contribution in [0.4, 0.5) is 4.39 Å². The molecule has 0 N–H and O–H groups in total. The van der Waals surface area contributed by atoms with Crippen molar-refractivity contribution in [2.75, 3.05) is 0 Å². The zero-order valence-electron chi connectivity index (χ0n) is 11.2. The average molecular weight is 360 g/mol. The van der Waals surface area contributed by atoms with E-state index in [-0.39, 0.29) is 0 Å². The molecule has 0 aliphatic carbocycles. The topological polar surface area (TPSA) is 46.5 Å². The van der Waals surface area contributed by atoms with E-state index in [9.17, 15) is 12.8 Å². The number of sulfone groups is 1. The lowest BCUT2D eigenvalue weighted by Gasteiger charge is -2.36. The molecule has 0 radical (unpaired) electrons. The summed E-state index contributed by atoms with van der Waals surface area (Å²) in [6.07, 6.45) is 1.13. The lowest BCUT2D eigenvalue weighted by Crippen LogP contribution is -2.46. The van der Waals surface area contributed by atoms with Crippen LogP contribution in [-0.4, -0.2) is 24.6 Å². The van der Waals surface area contributed by atoms with Crippen LogP contribution in [0, 0.1) is 5.82 Å². The van der Waals surface area contributed by atoms with Crippen molar-refractivity contribution < 1.29 is 12.8 Å². The summed E-state index contributed by atoms with van der Waals surface area (Å²) in [5.41, 5.74) is -0.0928. The van der Waals surface area contributed by atoms with Crippen LogP contribution in [0.2, 0.25) is 0 Å². The van der Waals surface area contributed by atoms with Crippen molar-refractivity contribution in [3.05, 3.63) is 34.1 Å². The van der Waals surface area contributed by atoms with E-state index in [1.54, 1.807) is 26.0 Å². The fourth-order valence-corrected chi connectivity index (χ4v) is 6.54. The first-order valence-electron chi connectivity index (χ1n) is 6.51. The maximum atomic E-state index is 14.2. The van der Waals surface area contributed by atoms with Crippen molar-refractivity contribution in [1.29, 1.82) is 0 Å². The van der Waals surface area contributed by atoms with E-state index in [0.717, 1.165) is 4.47 Å². The fourth-order valence-electron chi connectivity index (χ4n) is 3.51. The van der Waals surface area contributed by atoms with Crippen molar-refractivity contribution >= 4 is 31.5 Å². The molecule has 0 spiro atoms. The largest absolute Gasteiger partial charge is 0.280 e. The van der Waals surface area contributed by atoms with E-state index < -0.39 is 31.7 Å². The molecule has 3 rings (SSSR count). The van der Waals surface area contributed by atoms with Crippen LogP contribution in [0.3, 0.4) is 0 Å². The zero-order valence-corrected chi connectivity index (χ0v) is 13.6. The molecule has 2 bridgehead atoms. The van der Waals surface area contributed by atoms with Crippen LogP contribution < -0.4 is 0 Å². The van der Waals surface area contributed by atoms with Gasteiger partial charge in [-0.3, -0.25) is 4.99 Å². The highest BCUT2D eigenvalue weighted by Gasteiger charge is 2.56. The summed E-state index contributed by atoms with van der Waals surface area (Å²) in [7, 11) is -3.28. The summed E-state index contributed by atoms with van der Waals surface area (Å²) < 4.78 is 40.1. The standard InChI is InChI=1S/C14H15BrFNO2S/c1-8-12-5-6-13(20(12,18)19)14(2,17-8)10-7-9(15)3-4-11(10)16/h3-4,7,12-13H,5-6H2,1-2H3/t12?,13?,14-/m1/s1. The second kappa shape index (κ2) is 4.37. The molecule has 1 saturated heterocycles. The number of hydrogen-bond acceptors (Lipinski definition) is 3. The molecule has 0 aromatic heterocycles. The van der Waals surface area contributed by atoms with Crippen molar-refractivity contribution in [2.24, 2.45) is 4.99 Å². The van der Waals surface area contributed by atoms with Gasteiger partial charge in [0.1, 0.15) is 11.4 Å². The van der Waals surface area contributed by atoms with Crippen LogP contribution in [-0.2, 0) is 15.4 Å². The first kappa shape index (κ1) is 14.2. The van der Waals surface area contributed by atoms with E-state index >= 15 is 0 Å². The third kappa shape index (κ3) is 1.80. The van der Waals surface area contributed by atoms with Gasteiger partial charge in [-0.25, -0.2) is 12.8 Å². The van der Waals surface area contributed by atoms with Crippen LogP contribution in [0.5, 0.6) is 0 Å². The highest BCUT2D eigenvalue weighted by Crippen LogP contribution is 2.47. The van der Waals surface area contributed by atoms with Gasteiger partial charge in [-0.1, -0.05) is 15.9 Å². The molecule has 1 fully saturated rings. The average Bonchev–Trinajstić information content (AvgIpc) is 2.58. The highest BCUT2D eigenvalue weighted by molar-refractivity contribution is 9.10. The Labute approximate surface area is 126 Å². The lowest BCUT2D eigenvalue weighted by atomic mass is 9.87. The molecule has 0 amide bonds. The second-order valence-electron chi connectivity index (χ2n) is 5.67. The van der Waals surface area contributed by atoms with Gasteiger partial charge < -0.3 is 0 Å². The van der Waals surface area contributed by atoms with E-state index in [0.29, 0.717) is 24.1 Å². The summed E-state index contributed by atoms with van der Waals surface area (Å²) in [5.74, 6) is -0.409. The normalized spacial score (nSPS) is 34.9. The minimum Gasteiger partial charge on any atom is -0.280 e. The van der Waals surface area contributed by atoms with Crippen LogP contribution >= 0.6 is 15.9 Å². The molecule has 6 heteroatoms. The molecule has 3 atom stereocenters. The Morgan fingerprint density at radius 3 is 2.80 bits per heavy atom. The predicted octanol–water partition coefficient (Wildman–Crippen LogP) is 3.22. The van der Waals surface area contributed by atoms with Crippen LogP contribution in [0.25, 0.3) is 0 Å². The lowest BCUT2D eigenvalue weighted by molar-refractivity contribution is 0.424. The molecule has 2 aliphatic rings. The number of hydrogen-bond donors (Lipinski definition) is 0. The molecule has 1 aromatic carbocycles. The van der Waals surface area contributed by atoms with Gasteiger partial charge in [-0.15, -0.1) is 0 Å². The van der Waals surface area contributed by atoms with E-state index in [4.69, 9.17) is 0 Å². The van der Waals surface area contributed by atoms with E-state index in [1.165, 1.54) is 6.07 Å². The zero-order chi connectivity index (χ0) is 14.7.